The fraction of sp³-hybridized carbons (Fsp3) is 0.588. The average molecular weight is 587 g/mol. The molecule has 2 N–H and O–H groups in total. The summed E-state index contributed by atoms with van der Waals surface area (Å²) in [6.45, 7) is 24.6. The molecule has 0 unspecified atom stereocenters. The summed E-state index contributed by atoms with van der Waals surface area (Å²) in [6, 6.07) is 7.80. The zero-order valence-corrected chi connectivity index (χ0v) is 27.9. The number of phenols is 2. The van der Waals surface area contributed by atoms with Gasteiger partial charge < -0.3 is 18.6 Å². The fourth-order valence-electron chi connectivity index (χ4n) is 4.63. The standard InChI is InChI=1S/C34H50O6S/c1-31(2,3)23-17-21(18-24(29(23)37)32(4,5)6)13-15-27(35)39-41-40-28(36)16-14-22-19-25(33(7,8)9)30(38)26(20-22)34(10,11)12/h17-20,37-38H,13-16H2,1-12H3. The highest BCUT2D eigenvalue weighted by atomic mass is 32.2. The molecule has 0 radical (unpaired) electrons. The number of benzene rings is 2. The highest BCUT2D eigenvalue weighted by molar-refractivity contribution is 7.90. The van der Waals surface area contributed by atoms with Crippen LogP contribution in [0.1, 0.15) is 129 Å². The number of rotatable bonds is 8. The van der Waals surface area contributed by atoms with Gasteiger partial charge in [0.25, 0.3) is 12.3 Å². The first-order chi connectivity index (χ1) is 18.5. The Kier molecular flexibility index (Phi) is 10.7. The van der Waals surface area contributed by atoms with Crippen molar-refractivity contribution in [1.29, 1.82) is 0 Å². The van der Waals surface area contributed by atoms with Crippen LogP contribution in [-0.2, 0) is 52.5 Å². The van der Waals surface area contributed by atoms with Crippen LogP contribution in [-0.4, -0.2) is 22.2 Å². The van der Waals surface area contributed by atoms with E-state index in [-0.39, 0.29) is 34.5 Å². The van der Waals surface area contributed by atoms with Crippen LogP contribution < -0.4 is 0 Å². The zero-order chi connectivity index (χ0) is 31.6. The van der Waals surface area contributed by atoms with Crippen molar-refractivity contribution in [3.05, 3.63) is 57.6 Å². The predicted octanol–water partition coefficient (Wildman–Crippen LogP) is 8.50. The molecule has 0 spiro atoms. The van der Waals surface area contributed by atoms with E-state index in [0.717, 1.165) is 33.4 Å². The van der Waals surface area contributed by atoms with Gasteiger partial charge in [-0.05, 0) is 67.9 Å². The number of carbonyl (C=O) groups excluding carboxylic acids is 2. The van der Waals surface area contributed by atoms with Crippen LogP contribution in [0.15, 0.2) is 24.3 Å². The third kappa shape index (κ3) is 9.69. The third-order valence-corrected chi connectivity index (χ3v) is 7.57. The molecule has 2 rings (SSSR count). The Hall–Kier alpha value is -2.67. The number of aromatic hydroxyl groups is 2. The van der Waals surface area contributed by atoms with Crippen molar-refractivity contribution in [3.63, 3.8) is 0 Å². The Morgan fingerprint density at radius 2 is 0.805 bits per heavy atom. The first-order valence-corrected chi connectivity index (χ1v) is 15.0. The maximum absolute atomic E-state index is 12.4. The van der Waals surface area contributed by atoms with Gasteiger partial charge >= 0.3 is 11.9 Å². The van der Waals surface area contributed by atoms with Crippen molar-refractivity contribution in [1.82, 2.24) is 0 Å². The SMILES string of the molecule is CC(C)(C)c1cc(CCC(=O)OSOC(=O)CCc2cc(C(C)(C)C)c(O)c(C(C)(C)C)c2)cc(C(C)(C)C)c1O. The Labute approximate surface area is 251 Å². The Bertz CT molecular complexity index is 1080. The lowest BCUT2D eigenvalue weighted by molar-refractivity contribution is -0.135. The largest absolute Gasteiger partial charge is 0.507 e. The molecule has 0 heterocycles. The molecule has 0 atom stereocenters. The van der Waals surface area contributed by atoms with Gasteiger partial charge in [0, 0.05) is 0 Å². The molecule has 228 valence electrons. The van der Waals surface area contributed by atoms with Crippen molar-refractivity contribution in [2.75, 3.05) is 0 Å². The van der Waals surface area contributed by atoms with E-state index in [4.69, 9.17) is 8.37 Å². The highest BCUT2D eigenvalue weighted by Crippen LogP contribution is 2.41. The van der Waals surface area contributed by atoms with Gasteiger partial charge in [0.2, 0.25) is 0 Å². The van der Waals surface area contributed by atoms with E-state index >= 15 is 0 Å². The second-order valence-corrected chi connectivity index (χ2v) is 15.5. The average Bonchev–Trinajstić information content (AvgIpc) is 2.79. The molecule has 0 aliphatic heterocycles. The molecular weight excluding hydrogens is 536 g/mol. The van der Waals surface area contributed by atoms with E-state index in [2.05, 4.69) is 0 Å². The van der Waals surface area contributed by atoms with Crippen LogP contribution in [0.5, 0.6) is 11.5 Å². The number of hydrogen-bond donors (Lipinski definition) is 2. The predicted molar refractivity (Wildman–Crippen MR) is 167 cm³/mol. The summed E-state index contributed by atoms with van der Waals surface area (Å²) < 4.78 is 10.2. The van der Waals surface area contributed by atoms with Crippen LogP contribution in [0.4, 0.5) is 0 Å². The lowest BCUT2D eigenvalue weighted by Gasteiger charge is -2.28. The first kappa shape index (κ1) is 34.5. The van der Waals surface area contributed by atoms with Crippen LogP contribution in [0, 0.1) is 0 Å². The van der Waals surface area contributed by atoms with E-state index in [9.17, 15) is 19.8 Å². The van der Waals surface area contributed by atoms with Crippen LogP contribution >= 0.6 is 12.3 Å². The molecule has 0 aromatic heterocycles. The molecule has 0 saturated carbocycles. The van der Waals surface area contributed by atoms with Gasteiger partial charge in [-0.25, -0.2) is 0 Å². The zero-order valence-electron chi connectivity index (χ0n) is 27.1. The lowest BCUT2D eigenvalue weighted by Crippen LogP contribution is -2.18. The molecule has 2 aromatic carbocycles. The quantitative estimate of drug-likeness (QED) is 0.300. The van der Waals surface area contributed by atoms with Crippen molar-refractivity contribution in [2.24, 2.45) is 0 Å². The minimum Gasteiger partial charge on any atom is -0.507 e. The van der Waals surface area contributed by atoms with Gasteiger partial charge in [-0.15, -0.1) is 0 Å². The molecule has 7 heteroatoms. The van der Waals surface area contributed by atoms with Crippen molar-refractivity contribution in [3.8, 4) is 11.5 Å². The summed E-state index contributed by atoms with van der Waals surface area (Å²) in [5.74, 6) is -0.381. The van der Waals surface area contributed by atoms with Crippen LogP contribution in [0.2, 0.25) is 0 Å². The molecule has 41 heavy (non-hydrogen) atoms. The van der Waals surface area contributed by atoms with Crippen LogP contribution in [0.3, 0.4) is 0 Å². The molecule has 0 bridgehead atoms. The highest BCUT2D eigenvalue weighted by Gasteiger charge is 2.28. The third-order valence-electron chi connectivity index (χ3n) is 7.06. The second-order valence-electron chi connectivity index (χ2n) is 15.1. The maximum Gasteiger partial charge on any atom is 0.321 e. The van der Waals surface area contributed by atoms with E-state index in [1.807, 2.05) is 107 Å². The minimum atomic E-state index is -0.492. The van der Waals surface area contributed by atoms with E-state index in [1.165, 1.54) is 0 Å². The number of hydrogen-bond acceptors (Lipinski definition) is 7. The van der Waals surface area contributed by atoms with E-state index in [0.29, 0.717) is 36.7 Å². The summed E-state index contributed by atoms with van der Waals surface area (Å²) in [5.41, 5.74) is 4.22. The van der Waals surface area contributed by atoms with Gasteiger partial charge in [-0.2, -0.15) is 0 Å². The molecule has 0 saturated heterocycles. The molecule has 0 aliphatic rings. The summed E-state index contributed by atoms with van der Waals surface area (Å²) >= 11 is 0.395. The van der Waals surface area contributed by atoms with Gasteiger partial charge in [0.15, 0.2) is 0 Å². The van der Waals surface area contributed by atoms with Gasteiger partial charge in [0.05, 0.1) is 12.8 Å². The number of carbonyl (C=O) groups is 2. The summed E-state index contributed by atoms with van der Waals surface area (Å²) in [5, 5.41) is 21.8. The number of phenolic OH excluding ortho intramolecular Hbond substituents is 2. The minimum absolute atomic E-state index is 0.112. The van der Waals surface area contributed by atoms with Crippen molar-refractivity contribution < 1.29 is 28.2 Å². The van der Waals surface area contributed by atoms with Gasteiger partial charge in [-0.3, -0.25) is 9.59 Å². The molecule has 6 nitrogen and oxygen atoms in total. The molecule has 2 aromatic rings. The Morgan fingerprint density at radius 1 is 0.561 bits per heavy atom. The van der Waals surface area contributed by atoms with Gasteiger partial charge in [0.1, 0.15) is 11.5 Å². The second kappa shape index (κ2) is 12.7. The summed E-state index contributed by atoms with van der Waals surface area (Å²) in [6.07, 6.45) is 1.10. The topological polar surface area (TPSA) is 93.1 Å². The van der Waals surface area contributed by atoms with Crippen molar-refractivity contribution >= 4 is 24.3 Å². The van der Waals surface area contributed by atoms with E-state index in [1.54, 1.807) is 0 Å². The monoisotopic (exact) mass is 586 g/mol. The first-order valence-electron chi connectivity index (χ1n) is 14.3. The fourth-order valence-corrected chi connectivity index (χ4v) is 4.99. The normalized spacial score (nSPS) is 12.8. The molecule has 0 aliphatic carbocycles. The molecule has 0 amide bonds. The summed E-state index contributed by atoms with van der Waals surface area (Å²) in [7, 11) is 0. The molecular formula is C34H50O6S. The molecule has 0 fully saturated rings. The smallest absolute Gasteiger partial charge is 0.321 e. The van der Waals surface area contributed by atoms with E-state index < -0.39 is 11.9 Å². The van der Waals surface area contributed by atoms with Crippen LogP contribution in [0.25, 0.3) is 0 Å². The van der Waals surface area contributed by atoms with Gasteiger partial charge in [-0.1, -0.05) is 107 Å². The maximum atomic E-state index is 12.4. The lowest BCUT2D eigenvalue weighted by atomic mass is 9.78. The summed E-state index contributed by atoms with van der Waals surface area (Å²) in [4.78, 5) is 24.8. The Balaban J connectivity index is 1.97. The Morgan fingerprint density at radius 3 is 1.02 bits per heavy atom. The van der Waals surface area contributed by atoms with Crippen molar-refractivity contribution in [2.45, 2.75) is 130 Å². The number of aryl methyl sites for hydroxylation is 2.